The number of fused-ring (bicyclic) bond motifs is 1. The highest BCUT2D eigenvalue weighted by Crippen LogP contribution is 2.20. The Kier molecular flexibility index (Phi) is 5.28. The molecule has 3 aromatic rings. The Morgan fingerprint density at radius 1 is 1.16 bits per heavy atom. The van der Waals surface area contributed by atoms with Crippen LogP contribution in [0.25, 0.3) is 10.9 Å². The summed E-state index contributed by atoms with van der Waals surface area (Å²) in [5.74, 6) is -0.839. The lowest BCUT2D eigenvalue weighted by Gasteiger charge is -2.12. The van der Waals surface area contributed by atoms with Crippen LogP contribution in [-0.2, 0) is 6.54 Å². The number of aromatic nitrogens is 2. The van der Waals surface area contributed by atoms with E-state index in [1.54, 1.807) is 34.9 Å². The van der Waals surface area contributed by atoms with Crippen LogP contribution in [0.4, 0.5) is 4.39 Å². The topological polar surface area (TPSA) is 52.0 Å². The predicted octanol–water partition coefficient (Wildman–Crippen LogP) is 3.92. The Bertz CT molecular complexity index is 985. The standard InChI is InChI=1S/C19H17FN2O2S/c1-2-11-22-18(24)14-8-4-6-10-16(14)21-19(22)25-12-17(23)13-7-3-5-9-15(13)20/h3-10H,2,11-12H2,1H3. The SMILES string of the molecule is CCCn1c(SCC(=O)c2ccccc2F)nc2ccccc2c1=O. The molecule has 3 rings (SSSR count). The molecule has 0 saturated carbocycles. The Morgan fingerprint density at radius 3 is 2.64 bits per heavy atom. The molecule has 25 heavy (non-hydrogen) atoms. The van der Waals surface area contributed by atoms with Crippen molar-refractivity contribution in [2.75, 3.05) is 5.75 Å². The Hall–Kier alpha value is -2.47. The summed E-state index contributed by atoms with van der Waals surface area (Å²) in [5.41, 5.74) is 0.536. The van der Waals surface area contributed by atoms with Gasteiger partial charge in [0.15, 0.2) is 10.9 Å². The van der Waals surface area contributed by atoms with E-state index in [1.807, 2.05) is 13.0 Å². The van der Waals surface area contributed by atoms with Crippen LogP contribution in [0.1, 0.15) is 23.7 Å². The first-order valence-corrected chi connectivity index (χ1v) is 9.00. The normalized spacial score (nSPS) is 11.0. The van der Waals surface area contributed by atoms with Crippen molar-refractivity contribution in [2.24, 2.45) is 0 Å². The van der Waals surface area contributed by atoms with Crippen LogP contribution < -0.4 is 5.56 Å². The molecule has 1 heterocycles. The van der Waals surface area contributed by atoms with Crippen LogP contribution in [0.3, 0.4) is 0 Å². The van der Waals surface area contributed by atoms with Crippen LogP contribution in [0, 0.1) is 5.82 Å². The molecule has 1 aromatic heterocycles. The number of nitrogens with zero attached hydrogens (tertiary/aromatic N) is 2. The molecular formula is C19H17FN2O2S. The van der Waals surface area contributed by atoms with E-state index >= 15 is 0 Å². The molecule has 6 heteroatoms. The summed E-state index contributed by atoms with van der Waals surface area (Å²) >= 11 is 1.16. The van der Waals surface area contributed by atoms with Crippen molar-refractivity contribution in [3.8, 4) is 0 Å². The van der Waals surface area contributed by atoms with Gasteiger partial charge < -0.3 is 0 Å². The lowest BCUT2D eigenvalue weighted by molar-refractivity contribution is 0.101. The zero-order valence-electron chi connectivity index (χ0n) is 13.7. The van der Waals surface area contributed by atoms with Crippen LogP contribution in [0.2, 0.25) is 0 Å². The average Bonchev–Trinajstić information content (AvgIpc) is 2.63. The molecule has 4 nitrogen and oxygen atoms in total. The van der Waals surface area contributed by atoms with E-state index < -0.39 is 5.82 Å². The first-order valence-electron chi connectivity index (χ1n) is 8.02. The third kappa shape index (κ3) is 3.64. The van der Waals surface area contributed by atoms with Gasteiger partial charge in [-0.2, -0.15) is 0 Å². The number of hydrogen-bond donors (Lipinski definition) is 0. The molecule has 0 saturated heterocycles. The predicted molar refractivity (Wildman–Crippen MR) is 97.7 cm³/mol. The maximum Gasteiger partial charge on any atom is 0.262 e. The summed E-state index contributed by atoms with van der Waals surface area (Å²) in [6.45, 7) is 2.49. The summed E-state index contributed by atoms with van der Waals surface area (Å²) in [4.78, 5) is 29.5. The van der Waals surface area contributed by atoms with Crippen LogP contribution in [0.5, 0.6) is 0 Å². The first kappa shape index (κ1) is 17.4. The number of rotatable bonds is 6. The van der Waals surface area contributed by atoms with Crippen LogP contribution in [-0.4, -0.2) is 21.1 Å². The van der Waals surface area contributed by atoms with Crippen molar-refractivity contribution < 1.29 is 9.18 Å². The second-order valence-corrected chi connectivity index (χ2v) is 6.50. The van der Waals surface area contributed by atoms with Crippen molar-refractivity contribution in [3.63, 3.8) is 0 Å². The van der Waals surface area contributed by atoms with Gasteiger partial charge in [-0.3, -0.25) is 14.2 Å². The molecule has 2 aromatic carbocycles. The van der Waals surface area contributed by atoms with Gasteiger partial charge >= 0.3 is 0 Å². The Morgan fingerprint density at radius 2 is 1.88 bits per heavy atom. The highest BCUT2D eigenvalue weighted by Gasteiger charge is 2.15. The van der Waals surface area contributed by atoms with Gasteiger partial charge in [0.1, 0.15) is 5.82 Å². The molecule has 0 bridgehead atoms. The molecule has 0 amide bonds. The van der Waals surface area contributed by atoms with E-state index in [-0.39, 0.29) is 22.7 Å². The van der Waals surface area contributed by atoms with E-state index in [9.17, 15) is 14.0 Å². The van der Waals surface area contributed by atoms with Crippen molar-refractivity contribution in [1.82, 2.24) is 9.55 Å². The average molecular weight is 356 g/mol. The van der Waals surface area contributed by atoms with Crippen molar-refractivity contribution in [3.05, 3.63) is 70.3 Å². The van der Waals surface area contributed by atoms with Crippen LogP contribution >= 0.6 is 11.8 Å². The minimum atomic E-state index is -0.537. The van der Waals surface area contributed by atoms with Crippen molar-refractivity contribution >= 4 is 28.4 Å². The molecule has 0 aliphatic heterocycles. The number of carbonyl (C=O) groups is 1. The first-order chi connectivity index (χ1) is 12.1. The van der Waals surface area contributed by atoms with Crippen molar-refractivity contribution in [1.29, 1.82) is 0 Å². The Labute approximate surface area is 148 Å². The van der Waals surface area contributed by atoms with Gasteiger partial charge in [-0.25, -0.2) is 9.37 Å². The van der Waals surface area contributed by atoms with Gasteiger partial charge in [0, 0.05) is 6.54 Å². The summed E-state index contributed by atoms with van der Waals surface area (Å²) in [6.07, 6.45) is 0.773. The minimum Gasteiger partial charge on any atom is -0.293 e. The second kappa shape index (κ2) is 7.61. The molecular weight excluding hydrogens is 339 g/mol. The minimum absolute atomic E-state index is 0.0232. The second-order valence-electron chi connectivity index (χ2n) is 5.56. The molecule has 0 aliphatic rings. The molecule has 0 fully saturated rings. The van der Waals surface area contributed by atoms with Crippen molar-refractivity contribution in [2.45, 2.75) is 25.0 Å². The lowest BCUT2D eigenvalue weighted by Crippen LogP contribution is -2.23. The van der Waals surface area contributed by atoms with E-state index in [4.69, 9.17) is 0 Å². The number of thioether (sulfide) groups is 1. The maximum absolute atomic E-state index is 13.7. The molecule has 0 atom stereocenters. The number of halogens is 1. The van der Waals surface area contributed by atoms with E-state index in [2.05, 4.69) is 4.98 Å². The lowest BCUT2D eigenvalue weighted by atomic mass is 10.1. The van der Waals surface area contributed by atoms with E-state index in [1.165, 1.54) is 12.1 Å². The van der Waals surface area contributed by atoms with E-state index in [0.717, 1.165) is 18.2 Å². The number of carbonyl (C=O) groups excluding carboxylic acids is 1. The largest absolute Gasteiger partial charge is 0.293 e. The number of para-hydroxylation sites is 1. The summed E-state index contributed by atoms with van der Waals surface area (Å²) < 4.78 is 15.3. The quantitative estimate of drug-likeness (QED) is 0.382. The fourth-order valence-electron chi connectivity index (χ4n) is 2.57. The smallest absolute Gasteiger partial charge is 0.262 e. The Balaban J connectivity index is 1.93. The fraction of sp³-hybridized carbons (Fsp3) is 0.211. The summed E-state index contributed by atoms with van der Waals surface area (Å²) in [6, 6.07) is 13.0. The third-order valence-corrected chi connectivity index (χ3v) is 4.76. The van der Waals surface area contributed by atoms with Gasteiger partial charge in [0.05, 0.1) is 22.2 Å². The van der Waals surface area contributed by atoms with Gasteiger partial charge in [0.25, 0.3) is 5.56 Å². The molecule has 0 aliphatic carbocycles. The number of benzene rings is 2. The van der Waals surface area contributed by atoms with Gasteiger partial charge in [-0.1, -0.05) is 43.0 Å². The highest BCUT2D eigenvalue weighted by atomic mass is 32.2. The molecule has 0 unspecified atom stereocenters. The zero-order valence-corrected chi connectivity index (χ0v) is 14.6. The third-order valence-electron chi connectivity index (χ3n) is 3.78. The fourth-order valence-corrected chi connectivity index (χ4v) is 3.48. The number of hydrogen-bond acceptors (Lipinski definition) is 4. The number of Topliss-reactive ketones (excluding diaryl/α,β-unsaturated/α-hetero) is 1. The monoisotopic (exact) mass is 356 g/mol. The molecule has 0 N–H and O–H groups in total. The van der Waals surface area contributed by atoms with Gasteiger partial charge in [-0.15, -0.1) is 0 Å². The molecule has 0 radical (unpaired) electrons. The highest BCUT2D eigenvalue weighted by molar-refractivity contribution is 7.99. The zero-order chi connectivity index (χ0) is 17.8. The van der Waals surface area contributed by atoms with Gasteiger partial charge in [-0.05, 0) is 30.7 Å². The van der Waals surface area contributed by atoms with Gasteiger partial charge in [0.2, 0.25) is 0 Å². The maximum atomic E-state index is 13.7. The summed E-state index contributed by atoms with van der Waals surface area (Å²) in [7, 11) is 0. The summed E-state index contributed by atoms with van der Waals surface area (Å²) in [5, 5.41) is 1.04. The van der Waals surface area contributed by atoms with Crippen LogP contribution in [0.15, 0.2) is 58.5 Å². The number of ketones is 1. The molecule has 128 valence electrons. The molecule has 0 spiro atoms. The van der Waals surface area contributed by atoms with E-state index in [0.29, 0.717) is 22.6 Å².